The van der Waals surface area contributed by atoms with Crippen LogP contribution in [0.5, 0.6) is 5.75 Å². The molecule has 1 amide bonds. The third kappa shape index (κ3) is 4.56. The molecule has 0 aliphatic rings. The Morgan fingerprint density at radius 1 is 1.16 bits per heavy atom. The second kappa shape index (κ2) is 7.79. The lowest BCUT2D eigenvalue weighted by Gasteiger charge is -2.17. The summed E-state index contributed by atoms with van der Waals surface area (Å²) in [7, 11) is 0. The van der Waals surface area contributed by atoms with Gasteiger partial charge in [0.25, 0.3) is 11.6 Å². The van der Waals surface area contributed by atoms with E-state index in [1.807, 2.05) is 45.0 Å². The molecule has 0 saturated heterocycles. The number of carbonyl (C=O) groups excluding carboxylic acids is 1. The molecule has 0 fully saturated rings. The number of aryl methyl sites for hydroxylation is 1. The van der Waals surface area contributed by atoms with Gasteiger partial charge in [0, 0.05) is 5.56 Å². The van der Waals surface area contributed by atoms with E-state index >= 15 is 0 Å². The smallest absolute Gasteiger partial charge is 0.285 e. The molecule has 1 atom stereocenters. The van der Waals surface area contributed by atoms with E-state index in [9.17, 15) is 14.9 Å². The second-order valence-corrected chi connectivity index (χ2v) is 6.16. The Hall–Kier alpha value is -2.89. The first kappa shape index (κ1) is 18.4. The van der Waals surface area contributed by atoms with Crippen molar-refractivity contribution in [3.8, 4) is 5.75 Å². The van der Waals surface area contributed by atoms with Crippen molar-refractivity contribution in [2.24, 2.45) is 0 Å². The lowest BCUT2D eigenvalue weighted by atomic mass is 10.1. The van der Waals surface area contributed by atoms with E-state index in [2.05, 4.69) is 5.32 Å². The maximum atomic E-state index is 12.5. The zero-order valence-electron chi connectivity index (χ0n) is 14.8. The quantitative estimate of drug-likeness (QED) is 0.630. The van der Waals surface area contributed by atoms with Crippen molar-refractivity contribution in [3.05, 3.63) is 69.3 Å². The number of nitro benzene ring substituents is 1. The summed E-state index contributed by atoms with van der Waals surface area (Å²) in [4.78, 5) is 23.3. The number of ether oxygens (including phenoxy) is 1. The van der Waals surface area contributed by atoms with Crippen LogP contribution in [0.25, 0.3) is 0 Å². The number of para-hydroxylation sites is 1. The normalized spacial score (nSPS) is 11.9. The number of nitro groups is 1. The van der Waals surface area contributed by atoms with E-state index in [4.69, 9.17) is 4.74 Å². The molecule has 0 bridgehead atoms. The Morgan fingerprint density at radius 3 is 2.48 bits per heavy atom. The lowest BCUT2D eigenvalue weighted by molar-refractivity contribution is -0.385. The molecule has 2 aromatic carbocycles. The van der Waals surface area contributed by atoms with Crippen molar-refractivity contribution in [3.63, 3.8) is 0 Å². The molecule has 2 aromatic rings. The first-order valence-corrected chi connectivity index (χ1v) is 8.11. The van der Waals surface area contributed by atoms with Crippen LogP contribution in [0.1, 0.15) is 48.3 Å². The summed E-state index contributed by atoms with van der Waals surface area (Å²) in [5.74, 6) is 0.244. The SMILES string of the molecule is Cc1cccc(C(=O)NC(C)c2cccc(OC(C)C)c2)c1[N+](=O)[O-]. The molecule has 2 rings (SSSR count). The van der Waals surface area contributed by atoms with Crippen molar-refractivity contribution < 1.29 is 14.5 Å². The topological polar surface area (TPSA) is 81.5 Å². The number of benzene rings is 2. The Morgan fingerprint density at radius 2 is 1.84 bits per heavy atom. The molecule has 0 heterocycles. The number of rotatable bonds is 6. The van der Waals surface area contributed by atoms with Crippen LogP contribution >= 0.6 is 0 Å². The van der Waals surface area contributed by atoms with E-state index < -0.39 is 10.8 Å². The zero-order chi connectivity index (χ0) is 18.6. The Kier molecular flexibility index (Phi) is 5.75. The van der Waals surface area contributed by atoms with Gasteiger partial charge in [0.15, 0.2) is 0 Å². The number of nitrogens with one attached hydrogen (secondary N) is 1. The molecule has 0 aliphatic heterocycles. The molecule has 6 nitrogen and oxygen atoms in total. The van der Waals surface area contributed by atoms with E-state index in [1.54, 1.807) is 19.1 Å². The number of hydrogen-bond acceptors (Lipinski definition) is 4. The first-order chi connectivity index (χ1) is 11.8. The fraction of sp³-hybridized carbons (Fsp3) is 0.316. The van der Waals surface area contributed by atoms with Gasteiger partial charge in [-0.15, -0.1) is 0 Å². The molecule has 25 heavy (non-hydrogen) atoms. The van der Waals surface area contributed by atoms with Gasteiger partial charge in [0.2, 0.25) is 0 Å². The molecule has 6 heteroatoms. The molecule has 132 valence electrons. The van der Waals surface area contributed by atoms with Crippen molar-refractivity contribution in [1.82, 2.24) is 5.32 Å². The summed E-state index contributed by atoms with van der Waals surface area (Å²) >= 11 is 0. The maximum Gasteiger partial charge on any atom is 0.285 e. The van der Waals surface area contributed by atoms with Crippen LogP contribution in [-0.2, 0) is 0 Å². The van der Waals surface area contributed by atoms with Gasteiger partial charge < -0.3 is 10.1 Å². The molecular weight excluding hydrogens is 320 g/mol. The van der Waals surface area contributed by atoms with Gasteiger partial charge in [-0.25, -0.2) is 0 Å². The van der Waals surface area contributed by atoms with Gasteiger partial charge in [-0.05, 0) is 51.5 Å². The van der Waals surface area contributed by atoms with Crippen LogP contribution in [0, 0.1) is 17.0 Å². The fourth-order valence-corrected chi connectivity index (χ4v) is 2.57. The van der Waals surface area contributed by atoms with Gasteiger partial charge in [-0.3, -0.25) is 14.9 Å². The molecule has 0 radical (unpaired) electrons. The average Bonchev–Trinajstić information content (AvgIpc) is 2.53. The predicted molar refractivity (Wildman–Crippen MR) is 95.9 cm³/mol. The third-order valence-electron chi connectivity index (χ3n) is 3.74. The number of amides is 1. The number of nitrogens with zero attached hydrogens (tertiary/aromatic N) is 1. The first-order valence-electron chi connectivity index (χ1n) is 8.11. The highest BCUT2D eigenvalue weighted by Gasteiger charge is 2.23. The minimum atomic E-state index is -0.522. The van der Waals surface area contributed by atoms with Gasteiger partial charge >= 0.3 is 0 Å². The predicted octanol–water partition coefficient (Wildman–Crippen LogP) is 4.18. The van der Waals surface area contributed by atoms with Crippen LogP contribution in [0.3, 0.4) is 0 Å². The second-order valence-electron chi connectivity index (χ2n) is 6.16. The van der Waals surface area contributed by atoms with Crippen LogP contribution < -0.4 is 10.1 Å². The maximum absolute atomic E-state index is 12.5. The number of hydrogen-bond donors (Lipinski definition) is 1. The van der Waals surface area contributed by atoms with E-state index in [0.717, 1.165) is 11.3 Å². The third-order valence-corrected chi connectivity index (χ3v) is 3.74. The monoisotopic (exact) mass is 342 g/mol. The summed E-state index contributed by atoms with van der Waals surface area (Å²) in [6.07, 6.45) is 0.0510. The molecular formula is C19H22N2O4. The minimum absolute atomic E-state index is 0.0510. The van der Waals surface area contributed by atoms with Gasteiger partial charge in [-0.2, -0.15) is 0 Å². The molecule has 0 aliphatic carbocycles. The Bertz CT molecular complexity index is 787. The molecule has 1 N–H and O–H groups in total. The summed E-state index contributed by atoms with van der Waals surface area (Å²) in [5, 5.41) is 14.1. The zero-order valence-corrected chi connectivity index (χ0v) is 14.8. The van der Waals surface area contributed by atoms with E-state index in [0.29, 0.717) is 5.56 Å². The average molecular weight is 342 g/mol. The highest BCUT2D eigenvalue weighted by atomic mass is 16.6. The van der Waals surface area contributed by atoms with E-state index in [-0.39, 0.29) is 23.4 Å². The van der Waals surface area contributed by atoms with Gasteiger partial charge in [-0.1, -0.05) is 24.3 Å². The standard InChI is InChI=1S/C19H22N2O4/c1-12(2)25-16-9-6-8-15(11-16)14(4)20-19(22)17-10-5-7-13(3)18(17)21(23)24/h5-12,14H,1-4H3,(H,20,22). The minimum Gasteiger partial charge on any atom is -0.491 e. The summed E-state index contributed by atoms with van der Waals surface area (Å²) in [5.41, 5.74) is 1.22. The van der Waals surface area contributed by atoms with E-state index in [1.165, 1.54) is 6.07 Å². The summed E-state index contributed by atoms with van der Waals surface area (Å²) in [6, 6.07) is 11.8. The van der Waals surface area contributed by atoms with Gasteiger partial charge in [0.1, 0.15) is 11.3 Å². The molecule has 0 saturated carbocycles. The molecule has 0 aromatic heterocycles. The Balaban J connectivity index is 2.21. The van der Waals surface area contributed by atoms with Crippen molar-refractivity contribution in [2.75, 3.05) is 0 Å². The van der Waals surface area contributed by atoms with Crippen LogP contribution in [-0.4, -0.2) is 16.9 Å². The summed E-state index contributed by atoms with van der Waals surface area (Å²) < 4.78 is 5.66. The van der Waals surface area contributed by atoms with Crippen molar-refractivity contribution >= 4 is 11.6 Å². The van der Waals surface area contributed by atoms with Crippen LogP contribution in [0.4, 0.5) is 5.69 Å². The highest BCUT2D eigenvalue weighted by molar-refractivity contribution is 5.98. The molecule has 0 spiro atoms. The van der Waals surface area contributed by atoms with Crippen LogP contribution in [0.15, 0.2) is 42.5 Å². The molecule has 1 unspecified atom stereocenters. The van der Waals surface area contributed by atoms with Crippen molar-refractivity contribution in [1.29, 1.82) is 0 Å². The fourth-order valence-electron chi connectivity index (χ4n) is 2.57. The number of carbonyl (C=O) groups is 1. The van der Waals surface area contributed by atoms with Crippen LogP contribution in [0.2, 0.25) is 0 Å². The largest absolute Gasteiger partial charge is 0.491 e. The summed E-state index contributed by atoms with van der Waals surface area (Å²) in [6.45, 7) is 7.32. The van der Waals surface area contributed by atoms with Crippen molar-refractivity contribution in [2.45, 2.75) is 39.8 Å². The highest BCUT2D eigenvalue weighted by Crippen LogP contribution is 2.25. The van der Waals surface area contributed by atoms with Gasteiger partial charge in [0.05, 0.1) is 17.1 Å². The Labute approximate surface area is 147 Å². The lowest BCUT2D eigenvalue weighted by Crippen LogP contribution is -2.27.